The fraction of sp³-hybridized carbons (Fsp3) is 0.600. The molecule has 1 aromatic rings. The van der Waals surface area contributed by atoms with Crippen molar-refractivity contribution >= 4 is 35.0 Å². The van der Waals surface area contributed by atoms with Gasteiger partial charge >= 0.3 is 0 Å². The van der Waals surface area contributed by atoms with Gasteiger partial charge in [0.15, 0.2) is 0 Å². The number of nitrogens with one attached hydrogen (secondary N) is 1. The Morgan fingerprint density at radius 1 is 1.26 bits per heavy atom. The zero-order chi connectivity index (χ0) is 19.8. The van der Waals surface area contributed by atoms with Gasteiger partial charge < -0.3 is 15.0 Å². The maximum Gasteiger partial charge on any atom is 0.247 e. The van der Waals surface area contributed by atoms with Crippen LogP contribution in [0.3, 0.4) is 0 Å². The molecule has 150 valence electrons. The van der Waals surface area contributed by atoms with Crippen molar-refractivity contribution in [2.75, 3.05) is 26.1 Å². The summed E-state index contributed by atoms with van der Waals surface area (Å²) in [5.41, 5.74) is 0.704. The smallest absolute Gasteiger partial charge is 0.247 e. The van der Waals surface area contributed by atoms with Crippen LogP contribution in [0.25, 0.3) is 0 Å². The van der Waals surface area contributed by atoms with Crippen LogP contribution in [-0.2, 0) is 14.3 Å². The molecule has 0 heterocycles. The van der Waals surface area contributed by atoms with Crippen molar-refractivity contribution < 1.29 is 14.3 Å². The number of alkyl halides is 1. The number of carbonyl (C=O) groups is 2. The number of methoxy groups -OCH3 is 1. The number of halogens is 2. The average molecular weight is 415 g/mol. The second-order valence-electron chi connectivity index (χ2n) is 7.04. The molecule has 2 amide bonds. The van der Waals surface area contributed by atoms with Gasteiger partial charge in [-0.25, -0.2) is 0 Å². The van der Waals surface area contributed by atoms with Crippen LogP contribution in [-0.4, -0.2) is 48.9 Å². The molecule has 5 nitrogen and oxygen atoms in total. The number of benzene rings is 1. The van der Waals surface area contributed by atoms with Gasteiger partial charge in [-0.05, 0) is 36.5 Å². The SMILES string of the molecule is COCCN(C(=O)CCl)[C@H](C(=O)N[C@H]1CCCC[C@H]1C)c1ccc(Cl)cc1. The third-order valence-electron chi connectivity index (χ3n) is 5.16. The highest BCUT2D eigenvalue weighted by Gasteiger charge is 2.33. The topological polar surface area (TPSA) is 58.6 Å². The van der Waals surface area contributed by atoms with Crippen molar-refractivity contribution in [2.24, 2.45) is 5.92 Å². The summed E-state index contributed by atoms with van der Waals surface area (Å²) < 4.78 is 5.13. The van der Waals surface area contributed by atoms with Gasteiger partial charge in [-0.3, -0.25) is 9.59 Å². The fourth-order valence-corrected chi connectivity index (χ4v) is 3.85. The van der Waals surface area contributed by atoms with E-state index >= 15 is 0 Å². The molecule has 1 fully saturated rings. The van der Waals surface area contributed by atoms with E-state index in [0.717, 1.165) is 19.3 Å². The first kappa shape index (κ1) is 22.0. The van der Waals surface area contributed by atoms with E-state index in [-0.39, 0.29) is 30.3 Å². The number of carbonyl (C=O) groups excluding carboxylic acids is 2. The maximum absolute atomic E-state index is 13.2. The predicted octanol–water partition coefficient (Wildman–Crippen LogP) is 3.79. The Morgan fingerprint density at radius 2 is 1.93 bits per heavy atom. The molecule has 0 aliphatic heterocycles. The van der Waals surface area contributed by atoms with Crippen LogP contribution < -0.4 is 5.32 Å². The zero-order valence-electron chi connectivity index (χ0n) is 15.9. The van der Waals surface area contributed by atoms with Crippen molar-refractivity contribution in [3.8, 4) is 0 Å². The van der Waals surface area contributed by atoms with E-state index in [9.17, 15) is 9.59 Å². The summed E-state index contributed by atoms with van der Waals surface area (Å²) in [4.78, 5) is 27.2. The second kappa shape index (κ2) is 10.9. The molecule has 3 atom stereocenters. The summed E-state index contributed by atoms with van der Waals surface area (Å²) in [7, 11) is 1.56. The zero-order valence-corrected chi connectivity index (χ0v) is 17.4. The Kier molecular flexibility index (Phi) is 8.87. The Balaban J connectivity index is 2.30. The summed E-state index contributed by atoms with van der Waals surface area (Å²) >= 11 is 11.8. The molecule has 27 heavy (non-hydrogen) atoms. The highest BCUT2D eigenvalue weighted by molar-refractivity contribution is 6.30. The minimum atomic E-state index is -0.766. The first-order valence-corrected chi connectivity index (χ1v) is 10.3. The Hall–Kier alpha value is -1.30. The maximum atomic E-state index is 13.2. The number of ether oxygens (including phenoxy) is 1. The van der Waals surface area contributed by atoms with Gasteiger partial charge in [0.05, 0.1) is 6.61 Å². The lowest BCUT2D eigenvalue weighted by Gasteiger charge is -2.35. The monoisotopic (exact) mass is 414 g/mol. The summed E-state index contributed by atoms with van der Waals surface area (Å²) in [5, 5.41) is 3.74. The normalized spacial score (nSPS) is 20.7. The Labute approximate surface area is 171 Å². The van der Waals surface area contributed by atoms with E-state index in [0.29, 0.717) is 23.1 Å². The van der Waals surface area contributed by atoms with Gasteiger partial charge in [0.25, 0.3) is 0 Å². The minimum absolute atomic E-state index is 0.122. The van der Waals surface area contributed by atoms with Gasteiger partial charge in [0.1, 0.15) is 11.9 Å². The van der Waals surface area contributed by atoms with Crippen LogP contribution >= 0.6 is 23.2 Å². The third-order valence-corrected chi connectivity index (χ3v) is 5.64. The highest BCUT2D eigenvalue weighted by atomic mass is 35.5. The third kappa shape index (κ3) is 6.09. The Morgan fingerprint density at radius 3 is 2.52 bits per heavy atom. The molecule has 0 radical (unpaired) electrons. The van der Waals surface area contributed by atoms with Crippen molar-refractivity contribution in [3.63, 3.8) is 0 Å². The van der Waals surface area contributed by atoms with Gasteiger partial charge in [-0.1, -0.05) is 43.5 Å². The Bertz CT molecular complexity index is 624. The van der Waals surface area contributed by atoms with Crippen molar-refractivity contribution in [1.29, 1.82) is 0 Å². The standard InChI is InChI=1S/C20H28Cl2N2O3/c1-14-5-3-4-6-17(14)23-20(26)19(15-7-9-16(22)10-8-15)24(11-12-27-2)18(25)13-21/h7-10,14,17,19H,3-6,11-13H2,1-2H3,(H,23,26)/t14-,17+,19+/m1/s1. The van der Waals surface area contributed by atoms with Crippen LogP contribution in [0, 0.1) is 5.92 Å². The molecule has 0 unspecified atom stereocenters. The summed E-state index contributed by atoms with van der Waals surface area (Å²) in [5.74, 6) is -0.267. The number of hydrogen-bond donors (Lipinski definition) is 1. The molecule has 1 saturated carbocycles. The van der Waals surface area contributed by atoms with Crippen molar-refractivity contribution in [1.82, 2.24) is 10.2 Å². The minimum Gasteiger partial charge on any atom is -0.383 e. The van der Waals surface area contributed by atoms with Crippen molar-refractivity contribution in [2.45, 2.75) is 44.7 Å². The molecular formula is C20H28Cl2N2O3. The molecule has 1 aliphatic rings. The molecule has 0 bridgehead atoms. The summed E-state index contributed by atoms with van der Waals surface area (Å²) in [6, 6.07) is 6.35. The molecule has 0 aromatic heterocycles. The quantitative estimate of drug-likeness (QED) is 0.658. The van der Waals surface area contributed by atoms with E-state index in [1.807, 2.05) is 0 Å². The van der Waals surface area contributed by atoms with Crippen LogP contribution in [0.15, 0.2) is 24.3 Å². The summed E-state index contributed by atoms with van der Waals surface area (Å²) in [6.45, 7) is 2.76. The lowest BCUT2D eigenvalue weighted by molar-refractivity contribution is -0.140. The van der Waals surface area contributed by atoms with Gasteiger partial charge in [0.2, 0.25) is 11.8 Å². The first-order chi connectivity index (χ1) is 13.0. The molecule has 1 N–H and O–H groups in total. The van der Waals surface area contributed by atoms with Gasteiger partial charge in [0, 0.05) is 24.7 Å². The van der Waals surface area contributed by atoms with E-state index in [1.54, 1.807) is 31.4 Å². The van der Waals surface area contributed by atoms with Crippen molar-refractivity contribution in [3.05, 3.63) is 34.9 Å². The second-order valence-corrected chi connectivity index (χ2v) is 7.75. The molecule has 2 rings (SSSR count). The number of hydrogen-bond acceptors (Lipinski definition) is 3. The average Bonchev–Trinajstić information content (AvgIpc) is 2.67. The fourth-order valence-electron chi connectivity index (χ4n) is 3.57. The summed E-state index contributed by atoms with van der Waals surface area (Å²) in [6.07, 6.45) is 4.36. The molecule has 0 saturated heterocycles. The number of rotatable bonds is 8. The predicted molar refractivity (Wildman–Crippen MR) is 108 cm³/mol. The lowest BCUT2D eigenvalue weighted by Crippen LogP contribution is -2.49. The van der Waals surface area contributed by atoms with Gasteiger partial charge in [-0.15, -0.1) is 11.6 Å². The molecule has 7 heteroatoms. The molecular weight excluding hydrogens is 387 g/mol. The molecule has 1 aliphatic carbocycles. The van der Waals surface area contributed by atoms with Crippen LogP contribution in [0.5, 0.6) is 0 Å². The largest absolute Gasteiger partial charge is 0.383 e. The first-order valence-electron chi connectivity index (χ1n) is 9.38. The number of nitrogens with zero attached hydrogens (tertiary/aromatic N) is 1. The number of amides is 2. The molecule has 1 aromatic carbocycles. The van der Waals surface area contributed by atoms with Crippen LogP contribution in [0.1, 0.15) is 44.2 Å². The lowest BCUT2D eigenvalue weighted by atomic mass is 9.85. The van der Waals surface area contributed by atoms with Gasteiger partial charge in [-0.2, -0.15) is 0 Å². The van der Waals surface area contributed by atoms with E-state index in [1.165, 1.54) is 11.3 Å². The van der Waals surface area contributed by atoms with Crippen LogP contribution in [0.4, 0.5) is 0 Å². The molecule has 0 spiro atoms. The van der Waals surface area contributed by atoms with Crippen LogP contribution in [0.2, 0.25) is 5.02 Å². The van der Waals surface area contributed by atoms with E-state index < -0.39 is 6.04 Å². The van der Waals surface area contributed by atoms with E-state index in [2.05, 4.69) is 12.2 Å². The van der Waals surface area contributed by atoms with E-state index in [4.69, 9.17) is 27.9 Å². The highest BCUT2D eigenvalue weighted by Crippen LogP contribution is 2.27.